The highest BCUT2D eigenvalue weighted by atomic mass is 16.5. The van der Waals surface area contributed by atoms with Crippen molar-refractivity contribution in [3.05, 3.63) is 77.1 Å². The quantitative estimate of drug-likeness (QED) is 0.525. The van der Waals surface area contributed by atoms with E-state index < -0.39 is 0 Å². The zero-order chi connectivity index (χ0) is 23.2. The Morgan fingerprint density at radius 3 is 2.48 bits per heavy atom. The third kappa shape index (κ3) is 5.54. The number of aromatic nitrogens is 2. The number of para-hydroxylation sites is 2. The van der Waals surface area contributed by atoms with Crippen molar-refractivity contribution in [1.29, 1.82) is 0 Å². The molecule has 1 aromatic heterocycles. The maximum Gasteiger partial charge on any atom is 0.253 e. The number of rotatable bonds is 8. The van der Waals surface area contributed by atoms with Crippen LogP contribution in [0.3, 0.4) is 0 Å². The minimum atomic E-state index is 0.0729. The summed E-state index contributed by atoms with van der Waals surface area (Å²) in [5.74, 6) is 1.45. The third-order valence-electron chi connectivity index (χ3n) is 6.06. The summed E-state index contributed by atoms with van der Waals surface area (Å²) in [6.45, 7) is 9.46. The van der Waals surface area contributed by atoms with Crippen molar-refractivity contribution < 1.29 is 14.3 Å². The fraction of sp³-hybridized carbons (Fsp3) is 0.385. The van der Waals surface area contributed by atoms with Gasteiger partial charge in [0.25, 0.3) is 5.91 Å². The molecule has 174 valence electrons. The van der Waals surface area contributed by atoms with Crippen LogP contribution in [0.1, 0.15) is 34.1 Å². The van der Waals surface area contributed by atoms with Crippen LogP contribution in [0.25, 0.3) is 0 Å². The molecular weight excluding hydrogens is 416 g/mol. The largest absolute Gasteiger partial charge is 0.493 e. The van der Waals surface area contributed by atoms with Crippen molar-refractivity contribution in [1.82, 2.24) is 19.6 Å². The molecule has 3 aromatic rings. The Bertz CT molecular complexity index is 1090. The maximum atomic E-state index is 13.1. The van der Waals surface area contributed by atoms with E-state index in [1.807, 2.05) is 58.1 Å². The third-order valence-corrected chi connectivity index (χ3v) is 6.06. The summed E-state index contributed by atoms with van der Waals surface area (Å²) in [5.41, 5.74) is 4.00. The average molecular weight is 449 g/mol. The van der Waals surface area contributed by atoms with Gasteiger partial charge in [-0.2, -0.15) is 5.10 Å². The van der Waals surface area contributed by atoms with Crippen LogP contribution >= 0.6 is 0 Å². The molecule has 1 aliphatic rings. The van der Waals surface area contributed by atoms with Crippen LogP contribution in [0.4, 0.5) is 0 Å². The molecule has 1 aliphatic heterocycles. The highest BCUT2D eigenvalue weighted by molar-refractivity contribution is 5.94. The minimum absolute atomic E-state index is 0.0729. The minimum Gasteiger partial charge on any atom is -0.493 e. The molecule has 1 amide bonds. The first-order valence-corrected chi connectivity index (χ1v) is 11.5. The molecule has 0 radical (unpaired) electrons. The lowest BCUT2D eigenvalue weighted by Crippen LogP contribution is -2.48. The van der Waals surface area contributed by atoms with Gasteiger partial charge in [0.15, 0.2) is 11.5 Å². The number of ether oxygens (including phenoxy) is 2. The average Bonchev–Trinajstić information content (AvgIpc) is 3.22. The van der Waals surface area contributed by atoms with Crippen LogP contribution in [-0.2, 0) is 19.7 Å². The molecule has 0 bridgehead atoms. The number of hydrogen-bond acceptors (Lipinski definition) is 5. The molecule has 0 spiro atoms. The summed E-state index contributed by atoms with van der Waals surface area (Å²) >= 11 is 0. The van der Waals surface area contributed by atoms with Crippen LogP contribution in [0.5, 0.6) is 11.5 Å². The zero-order valence-corrected chi connectivity index (χ0v) is 19.7. The first-order chi connectivity index (χ1) is 16.1. The normalized spacial score (nSPS) is 14.3. The summed E-state index contributed by atoms with van der Waals surface area (Å²) in [6, 6.07) is 15.3. The maximum absolute atomic E-state index is 13.1. The van der Waals surface area contributed by atoms with Crippen molar-refractivity contribution in [3.8, 4) is 11.5 Å². The molecule has 1 saturated heterocycles. The number of aryl methyl sites for hydroxylation is 2. The van der Waals surface area contributed by atoms with Gasteiger partial charge in [-0.1, -0.05) is 24.3 Å². The van der Waals surface area contributed by atoms with Gasteiger partial charge in [0.1, 0.15) is 6.61 Å². The molecule has 0 atom stereocenters. The molecule has 2 aromatic carbocycles. The van der Waals surface area contributed by atoms with Crippen LogP contribution in [0.2, 0.25) is 0 Å². The predicted octanol–water partition coefficient (Wildman–Crippen LogP) is 3.76. The lowest BCUT2D eigenvalue weighted by atomic mass is 10.1. The van der Waals surface area contributed by atoms with Crippen molar-refractivity contribution in [2.45, 2.75) is 33.5 Å². The summed E-state index contributed by atoms with van der Waals surface area (Å²) < 4.78 is 13.2. The Balaban J connectivity index is 1.32. The van der Waals surface area contributed by atoms with Crippen LogP contribution < -0.4 is 9.47 Å². The second-order valence-electron chi connectivity index (χ2n) is 8.30. The van der Waals surface area contributed by atoms with E-state index in [0.29, 0.717) is 23.7 Å². The van der Waals surface area contributed by atoms with Gasteiger partial charge in [0, 0.05) is 56.6 Å². The monoisotopic (exact) mass is 448 g/mol. The molecule has 0 aliphatic carbocycles. The van der Waals surface area contributed by atoms with E-state index in [1.54, 1.807) is 7.11 Å². The Morgan fingerprint density at radius 2 is 1.79 bits per heavy atom. The first kappa shape index (κ1) is 22.9. The fourth-order valence-electron chi connectivity index (χ4n) is 4.10. The van der Waals surface area contributed by atoms with Crippen molar-refractivity contribution in [2.75, 3.05) is 33.3 Å². The van der Waals surface area contributed by atoms with Gasteiger partial charge in [-0.05, 0) is 43.7 Å². The molecule has 0 unspecified atom stereocenters. The SMILES string of the molecule is CCn1cc(CN2CCN(C(=O)c3cccc(COc4ccccc4OC)c3)CC2)c(C)n1. The number of carbonyl (C=O) groups excluding carboxylic acids is 1. The van der Waals surface area contributed by atoms with Crippen LogP contribution in [0.15, 0.2) is 54.7 Å². The fourth-order valence-corrected chi connectivity index (χ4v) is 4.10. The number of nitrogens with zero attached hydrogens (tertiary/aromatic N) is 4. The van der Waals surface area contributed by atoms with E-state index in [-0.39, 0.29) is 5.91 Å². The van der Waals surface area contributed by atoms with Crippen LogP contribution in [0, 0.1) is 6.92 Å². The van der Waals surface area contributed by atoms with Gasteiger partial charge in [0.05, 0.1) is 12.8 Å². The zero-order valence-electron chi connectivity index (χ0n) is 19.7. The van der Waals surface area contributed by atoms with Gasteiger partial charge in [0.2, 0.25) is 0 Å². The molecule has 4 rings (SSSR count). The highest BCUT2D eigenvalue weighted by Crippen LogP contribution is 2.26. The van der Waals surface area contributed by atoms with Gasteiger partial charge >= 0.3 is 0 Å². The molecule has 0 N–H and O–H groups in total. The van der Waals surface area contributed by atoms with Crippen molar-refractivity contribution >= 4 is 5.91 Å². The van der Waals surface area contributed by atoms with Gasteiger partial charge in [-0.25, -0.2) is 0 Å². The number of amides is 1. The number of hydrogen-bond donors (Lipinski definition) is 0. The number of methoxy groups -OCH3 is 1. The number of benzene rings is 2. The second-order valence-corrected chi connectivity index (χ2v) is 8.30. The predicted molar refractivity (Wildman–Crippen MR) is 128 cm³/mol. The molecule has 7 nitrogen and oxygen atoms in total. The Labute approximate surface area is 195 Å². The van der Waals surface area contributed by atoms with E-state index in [2.05, 4.69) is 30.0 Å². The summed E-state index contributed by atoms with van der Waals surface area (Å²) in [7, 11) is 1.63. The van der Waals surface area contributed by atoms with E-state index in [0.717, 1.165) is 50.5 Å². The van der Waals surface area contributed by atoms with E-state index in [1.165, 1.54) is 5.56 Å². The molecule has 2 heterocycles. The molecule has 0 saturated carbocycles. The highest BCUT2D eigenvalue weighted by Gasteiger charge is 2.23. The second kappa shape index (κ2) is 10.5. The van der Waals surface area contributed by atoms with Gasteiger partial charge < -0.3 is 14.4 Å². The number of piperazine rings is 1. The Morgan fingerprint density at radius 1 is 1.03 bits per heavy atom. The topological polar surface area (TPSA) is 59.8 Å². The molecular formula is C26H32N4O3. The van der Waals surface area contributed by atoms with E-state index in [9.17, 15) is 4.79 Å². The number of carbonyl (C=O) groups is 1. The van der Waals surface area contributed by atoms with E-state index >= 15 is 0 Å². The molecule has 7 heteroatoms. The van der Waals surface area contributed by atoms with Crippen LogP contribution in [-0.4, -0.2) is 58.8 Å². The Kier molecular flexibility index (Phi) is 7.29. The standard InChI is InChI=1S/C26H32N4O3/c1-4-30-18-23(20(2)27-30)17-28-12-14-29(15-13-28)26(31)22-9-7-8-21(16-22)19-33-25-11-6-5-10-24(25)32-3/h5-11,16,18H,4,12-15,17,19H2,1-3H3. The smallest absolute Gasteiger partial charge is 0.253 e. The summed E-state index contributed by atoms with van der Waals surface area (Å²) in [5, 5.41) is 4.54. The van der Waals surface area contributed by atoms with Crippen molar-refractivity contribution in [3.63, 3.8) is 0 Å². The van der Waals surface area contributed by atoms with E-state index in [4.69, 9.17) is 9.47 Å². The molecule has 33 heavy (non-hydrogen) atoms. The molecule has 1 fully saturated rings. The van der Waals surface area contributed by atoms with Crippen molar-refractivity contribution in [2.24, 2.45) is 0 Å². The van der Waals surface area contributed by atoms with Gasteiger partial charge in [-0.15, -0.1) is 0 Å². The first-order valence-electron chi connectivity index (χ1n) is 11.5. The Hall–Kier alpha value is -3.32. The summed E-state index contributed by atoms with van der Waals surface area (Å²) in [4.78, 5) is 17.5. The van der Waals surface area contributed by atoms with Gasteiger partial charge in [-0.3, -0.25) is 14.4 Å². The lowest BCUT2D eigenvalue weighted by molar-refractivity contribution is 0.0628. The lowest BCUT2D eigenvalue weighted by Gasteiger charge is -2.34. The summed E-state index contributed by atoms with van der Waals surface area (Å²) in [6.07, 6.45) is 2.13.